The molecule has 0 bridgehead atoms. The van der Waals surface area contributed by atoms with Gasteiger partial charge in [0.1, 0.15) is 11.7 Å². The lowest BCUT2D eigenvalue weighted by molar-refractivity contribution is 0.337. The van der Waals surface area contributed by atoms with Crippen molar-refractivity contribution in [1.29, 1.82) is 5.41 Å². The third-order valence-corrected chi connectivity index (χ3v) is 3.62. The fraction of sp³-hybridized carbons (Fsp3) is 0.500. The molecule has 1 atom stereocenters. The van der Waals surface area contributed by atoms with Crippen LogP contribution in [0.25, 0.3) is 0 Å². The smallest absolute Gasteiger partial charge is 0.136 e. The Labute approximate surface area is 113 Å². The largest absolute Gasteiger partial charge is 0.384 e. The summed E-state index contributed by atoms with van der Waals surface area (Å²) in [6.45, 7) is 4.94. The molecule has 3 N–H and O–H groups in total. The average molecular weight is 264 g/mol. The molecule has 0 amide bonds. The van der Waals surface area contributed by atoms with Gasteiger partial charge in [-0.3, -0.25) is 5.41 Å². The van der Waals surface area contributed by atoms with Gasteiger partial charge in [0.2, 0.25) is 0 Å². The SMILES string of the molecule is CC1CN(C)CCCN1c1cccc(F)c1C(=N)N. The summed E-state index contributed by atoms with van der Waals surface area (Å²) in [4.78, 5) is 4.43. The number of hydrogen-bond donors (Lipinski definition) is 2. The van der Waals surface area contributed by atoms with Crippen LogP contribution in [0.2, 0.25) is 0 Å². The molecule has 0 radical (unpaired) electrons. The van der Waals surface area contributed by atoms with Gasteiger partial charge in [0, 0.05) is 19.1 Å². The minimum atomic E-state index is -0.421. The van der Waals surface area contributed by atoms with Crippen molar-refractivity contribution in [2.24, 2.45) is 5.73 Å². The van der Waals surface area contributed by atoms with Gasteiger partial charge in [-0.15, -0.1) is 0 Å². The number of nitrogen functional groups attached to an aromatic ring is 1. The van der Waals surface area contributed by atoms with Crippen molar-refractivity contribution in [2.45, 2.75) is 19.4 Å². The van der Waals surface area contributed by atoms with Crippen LogP contribution in [0.1, 0.15) is 18.9 Å². The monoisotopic (exact) mass is 264 g/mol. The van der Waals surface area contributed by atoms with Gasteiger partial charge >= 0.3 is 0 Å². The minimum absolute atomic E-state index is 0.210. The first-order valence-electron chi connectivity index (χ1n) is 6.58. The lowest BCUT2D eigenvalue weighted by Crippen LogP contribution is -2.39. The highest BCUT2D eigenvalue weighted by Gasteiger charge is 2.24. The van der Waals surface area contributed by atoms with E-state index in [4.69, 9.17) is 11.1 Å². The quantitative estimate of drug-likeness (QED) is 0.630. The van der Waals surface area contributed by atoms with Gasteiger partial charge in [0.05, 0.1) is 11.3 Å². The molecule has 1 unspecified atom stereocenters. The molecule has 19 heavy (non-hydrogen) atoms. The van der Waals surface area contributed by atoms with E-state index >= 15 is 0 Å². The molecule has 1 heterocycles. The van der Waals surface area contributed by atoms with Gasteiger partial charge in [-0.25, -0.2) is 4.39 Å². The number of benzene rings is 1. The van der Waals surface area contributed by atoms with Crippen molar-refractivity contribution in [3.63, 3.8) is 0 Å². The van der Waals surface area contributed by atoms with E-state index in [1.165, 1.54) is 6.07 Å². The summed E-state index contributed by atoms with van der Waals surface area (Å²) >= 11 is 0. The van der Waals surface area contributed by atoms with Crippen LogP contribution in [0.15, 0.2) is 18.2 Å². The van der Waals surface area contributed by atoms with Crippen LogP contribution in [0.4, 0.5) is 10.1 Å². The van der Waals surface area contributed by atoms with E-state index < -0.39 is 5.82 Å². The van der Waals surface area contributed by atoms with Crippen LogP contribution in [-0.2, 0) is 0 Å². The fourth-order valence-corrected chi connectivity index (χ4v) is 2.75. The highest BCUT2D eigenvalue weighted by Crippen LogP contribution is 2.26. The summed E-state index contributed by atoms with van der Waals surface area (Å²) in [5.41, 5.74) is 6.49. The van der Waals surface area contributed by atoms with E-state index in [0.717, 1.165) is 31.7 Å². The molecule has 5 heteroatoms. The van der Waals surface area contributed by atoms with Crippen LogP contribution in [0.5, 0.6) is 0 Å². The maximum absolute atomic E-state index is 13.9. The number of nitrogens with two attached hydrogens (primary N) is 1. The Morgan fingerprint density at radius 3 is 2.84 bits per heavy atom. The molecule has 1 aliphatic rings. The third-order valence-electron chi connectivity index (χ3n) is 3.62. The second-order valence-electron chi connectivity index (χ2n) is 5.21. The fourth-order valence-electron chi connectivity index (χ4n) is 2.75. The van der Waals surface area contributed by atoms with Crippen LogP contribution in [-0.4, -0.2) is 43.5 Å². The van der Waals surface area contributed by atoms with Gasteiger partial charge in [-0.05, 0) is 39.1 Å². The van der Waals surface area contributed by atoms with Gasteiger partial charge < -0.3 is 15.5 Å². The number of likely N-dealkylation sites (N-methyl/N-ethyl adjacent to an activating group) is 1. The van der Waals surface area contributed by atoms with Crippen molar-refractivity contribution < 1.29 is 4.39 Å². The number of amidine groups is 1. The summed E-state index contributed by atoms with van der Waals surface area (Å²) in [5.74, 6) is -0.632. The lowest BCUT2D eigenvalue weighted by Gasteiger charge is -2.31. The van der Waals surface area contributed by atoms with Crippen molar-refractivity contribution >= 4 is 11.5 Å². The van der Waals surface area contributed by atoms with Gasteiger partial charge in [-0.2, -0.15) is 0 Å². The molecule has 0 aromatic heterocycles. The number of nitrogens with zero attached hydrogens (tertiary/aromatic N) is 2. The van der Waals surface area contributed by atoms with Gasteiger partial charge in [0.25, 0.3) is 0 Å². The molecule has 0 spiro atoms. The van der Waals surface area contributed by atoms with E-state index in [-0.39, 0.29) is 17.4 Å². The normalized spacial score (nSPS) is 21.2. The maximum Gasteiger partial charge on any atom is 0.136 e. The Balaban J connectivity index is 2.40. The summed E-state index contributed by atoms with van der Waals surface area (Å²) in [6.07, 6.45) is 1.02. The molecule has 104 valence electrons. The predicted octanol–water partition coefficient (Wildman–Crippen LogP) is 1.64. The molecule has 1 aromatic carbocycles. The van der Waals surface area contributed by atoms with E-state index in [9.17, 15) is 4.39 Å². The lowest BCUT2D eigenvalue weighted by atomic mass is 10.1. The number of rotatable bonds is 2. The predicted molar refractivity (Wildman–Crippen MR) is 76.3 cm³/mol. The zero-order chi connectivity index (χ0) is 14.0. The molecule has 1 fully saturated rings. The molecule has 1 aromatic rings. The highest BCUT2D eigenvalue weighted by molar-refractivity contribution is 6.00. The van der Waals surface area contributed by atoms with Crippen LogP contribution >= 0.6 is 0 Å². The molecular weight excluding hydrogens is 243 g/mol. The summed E-state index contributed by atoms with van der Waals surface area (Å²) < 4.78 is 13.9. The molecule has 4 nitrogen and oxygen atoms in total. The first kappa shape index (κ1) is 13.8. The summed E-state index contributed by atoms with van der Waals surface area (Å²) in [5, 5.41) is 7.60. The highest BCUT2D eigenvalue weighted by atomic mass is 19.1. The standard InChI is InChI=1S/C14H21FN4/c1-10-9-18(2)7-4-8-19(10)12-6-3-5-11(15)13(12)14(16)17/h3,5-6,10H,4,7-9H2,1-2H3,(H3,16,17). The first-order chi connectivity index (χ1) is 9.00. The number of hydrogen-bond acceptors (Lipinski definition) is 3. The molecule has 0 saturated carbocycles. The minimum Gasteiger partial charge on any atom is -0.384 e. The van der Waals surface area contributed by atoms with E-state index in [0.29, 0.717) is 0 Å². The van der Waals surface area contributed by atoms with Crippen molar-refractivity contribution in [1.82, 2.24) is 4.90 Å². The topological polar surface area (TPSA) is 56.4 Å². The Morgan fingerprint density at radius 1 is 1.42 bits per heavy atom. The zero-order valence-corrected chi connectivity index (χ0v) is 11.5. The summed E-state index contributed by atoms with van der Waals surface area (Å²) in [6, 6.07) is 5.15. The average Bonchev–Trinajstić information content (AvgIpc) is 2.49. The van der Waals surface area contributed by atoms with Gasteiger partial charge in [0.15, 0.2) is 0 Å². The van der Waals surface area contributed by atoms with E-state index in [1.54, 1.807) is 6.07 Å². The Bertz CT molecular complexity index is 475. The third kappa shape index (κ3) is 2.87. The van der Waals surface area contributed by atoms with Crippen LogP contribution in [0, 0.1) is 11.2 Å². The molecule has 1 aliphatic heterocycles. The van der Waals surface area contributed by atoms with Crippen LogP contribution in [0.3, 0.4) is 0 Å². The molecule has 1 saturated heterocycles. The number of anilines is 1. The first-order valence-corrected chi connectivity index (χ1v) is 6.58. The maximum atomic E-state index is 13.9. The molecular formula is C14H21FN4. The van der Waals surface area contributed by atoms with E-state index in [2.05, 4.69) is 23.8 Å². The van der Waals surface area contributed by atoms with Crippen molar-refractivity contribution in [3.8, 4) is 0 Å². The Morgan fingerprint density at radius 2 is 2.16 bits per heavy atom. The number of nitrogens with one attached hydrogen (secondary N) is 1. The van der Waals surface area contributed by atoms with E-state index in [1.807, 2.05) is 6.07 Å². The Hall–Kier alpha value is -1.62. The second kappa shape index (κ2) is 5.57. The second-order valence-corrected chi connectivity index (χ2v) is 5.21. The van der Waals surface area contributed by atoms with Crippen molar-refractivity contribution in [3.05, 3.63) is 29.6 Å². The van der Waals surface area contributed by atoms with Gasteiger partial charge in [-0.1, -0.05) is 6.07 Å². The molecule has 0 aliphatic carbocycles. The Kier molecular flexibility index (Phi) is 4.04. The van der Waals surface area contributed by atoms with Crippen LogP contribution < -0.4 is 10.6 Å². The molecule has 2 rings (SSSR count). The zero-order valence-electron chi connectivity index (χ0n) is 11.5. The number of halogens is 1. The summed E-state index contributed by atoms with van der Waals surface area (Å²) in [7, 11) is 2.09. The van der Waals surface area contributed by atoms with Crippen molar-refractivity contribution in [2.75, 3.05) is 31.6 Å².